The minimum absolute atomic E-state index is 0.0349. The molecule has 0 aromatic heterocycles. The van der Waals surface area contributed by atoms with Crippen LogP contribution in [0, 0.1) is 5.92 Å². The maximum Gasteiger partial charge on any atom is 0.326 e. The Morgan fingerprint density at radius 2 is 1.38 bits per heavy atom. The largest absolute Gasteiger partial charge is 0.480 e. The lowest BCUT2D eigenvalue weighted by atomic mass is 10.0. The summed E-state index contributed by atoms with van der Waals surface area (Å²) in [5.74, 6) is -3.44. The van der Waals surface area contributed by atoms with Crippen molar-refractivity contribution in [3.63, 3.8) is 0 Å². The summed E-state index contributed by atoms with van der Waals surface area (Å²) in [4.78, 5) is 47.2. The van der Waals surface area contributed by atoms with E-state index in [9.17, 15) is 29.4 Å². The van der Waals surface area contributed by atoms with Crippen LogP contribution in [0.5, 0.6) is 0 Å². The molecule has 7 N–H and O–H groups in total. The van der Waals surface area contributed by atoms with Gasteiger partial charge in [0.25, 0.3) is 0 Å². The van der Waals surface area contributed by atoms with Crippen molar-refractivity contribution >= 4 is 36.3 Å². The van der Waals surface area contributed by atoms with Crippen molar-refractivity contribution in [1.29, 1.82) is 0 Å². The third-order valence-electron chi connectivity index (χ3n) is 3.37. The van der Waals surface area contributed by atoms with E-state index in [1.807, 2.05) is 13.8 Å². The highest BCUT2D eigenvalue weighted by atomic mass is 32.1. The van der Waals surface area contributed by atoms with E-state index < -0.39 is 54.5 Å². The van der Waals surface area contributed by atoms with E-state index in [4.69, 9.17) is 5.73 Å². The van der Waals surface area contributed by atoms with Gasteiger partial charge >= 0.3 is 5.97 Å². The van der Waals surface area contributed by atoms with Gasteiger partial charge in [-0.1, -0.05) is 13.8 Å². The molecule has 0 aliphatic carbocycles. The summed E-state index contributed by atoms with van der Waals surface area (Å²) in [6, 6.07) is -4.42. The number of carbonyl (C=O) groups excluding carboxylic acids is 3. The van der Waals surface area contributed by atoms with Crippen molar-refractivity contribution in [3.05, 3.63) is 0 Å². The van der Waals surface area contributed by atoms with Crippen LogP contribution in [0.15, 0.2) is 0 Å². The maximum atomic E-state index is 12.2. The highest BCUT2D eigenvalue weighted by molar-refractivity contribution is 7.80. The van der Waals surface area contributed by atoms with Gasteiger partial charge in [-0.3, -0.25) is 14.4 Å². The first kappa shape index (κ1) is 24.1. The van der Waals surface area contributed by atoms with Gasteiger partial charge in [0, 0.05) is 5.75 Å². The van der Waals surface area contributed by atoms with Crippen LogP contribution >= 0.6 is 12.6 Å². The highest BCUT2D eigenvalue weighted by Crippen LogP contribution is 2.05. The average Bonchev–Trinajstić information content (AvgIpc) is 2.55. The number of carboxylic acid groups (broad SMARTS) is 1. The summed E-state index contributed by atoms with van der Waals surface area (Å²) in [7, 11) is 0. The number of hydrogen-bond donors (Lipinski definition) is 7. The van der Waals surface area contributed by atoms with Crippen LogP contribution < -0.4 is 21.7 Å². The van der Waals surface area contributed by atoms with E-state index >= 15 is 0 Å². The monoisotopic (exact) mass is 392 g/mol. The van der Waals surface area contributed by atoms with E-state index in [1.165, 1.54) is 6.92 Å². The second kappa shape index (κ2) is 11.7. The van der Waals surface area contributed by atoms with Crippen LogP contribution in [0.3, 0.4) is 0 Å². The Labute approximate surface area is 157 Å². The molecule has 0 saturated carbocycles. The fourth-order valence-electron chi connectivity index (χ4n) is 1.93. The van der Waals surface area contributed by atoms with Gasteiger partial charge in [0.2, 0.25) is 17.7 Å². The molecule has 0 aliphatic rings. The highest BCUT2D eigenvalue weighted by Gasteiger charge is 2.29. The van der Waals surface area contributed by atoms with Gasteiger partial charge in [-0.25, -0.2) is 4.79 Å². The van der Waals surface area contributed by atoms with Gasteiger partial charge in [0.1, 0.15) is 18.1 Å². The van der Waals surface area contributed by atoms with Crippen LogP contribution in [-0.2, 0) is 19.2 Å². The Balaban J connectivity index is 4.94. The van der Waals surface area contributed by atoms with E-state index in [-0.39, 0.29) is 18.1 Å². The molecular weight excluding hydrogens is 364 g/mol. The second-order valence-electron chi connectivity index (χ2n) is 6.31. The number of aliphatic carboxylic acids is 1. The molecule has 0 aliphatic heterocycles. The Morgan fingerprint density at radius 1 is 0.923 bits per heavy atom. The number of carbonyl (C=O) groups is 4. The summed E-state index contributed by atoms with van der Waals surface area (Å²) in [5.41, 5.74) is 5.38. The smallest absolute Gasteiger partial charge is 0.326 e. The molecule has 4 atom stereocenters. The number of thiol groups is 1. The average molecular weight is 392 g/mol. The van der Waals surface area contributed by atoms with Crippen molar-refractivity contribution in [1.82, 2.24) is 16.0 Å². The molecule has 11 heteroatoms. The van der Waals surface area contributed by atoms with Gasteiger partial charge < -0.3 is 31.9 Å². The lowest BCUT2D eigenvalue weighted by Gasteiger charge is -2.23. The Hall–Kier alpha value is -1.85. The van der Waals surface area contributed by atoms with Crippen molar-refractivity contribution in [2.45, 2.75) is 51.4 Å². The number of hydrogen-bond acceptors (Lipinski definition) is 7. The zero-order valence-corrected chi connectivity index (χ0v) is 16.0. The fraction of sp³-hybridized carbons (Fsp3) is 0.733. The molecular formula is C15H28N4O6S. The van der Waals surface area contributed by atoms with Crippen molar-refractivity contribution < 1.29 is 29.4 Å². The molecule has 4 unspecified atom stereocenters. The molecule has 0 fully saturated rings. The van der Waals surface area contributed by atoms with Crippen molar-refractivity contribution in [3.8, 4) is 0 Å². The zero-order valence-electron chi connectivity index (χ0n) is 15.1. The van der Waals surface area contributed by atoms with E-state index in [1.54, 1.807) is 0 Å². The van der Waals surface area contributed by atoms with Gasteiger partial charge in [-0.2, -0.15) is 12.6 Å². The van der Waals surface area contributed by atoms with Crippen LogP contribution in [0.4, 0.5) is 0 Å². The third kappa shape index (κ3) is 8.50. The molecule has 3 amide bonds. The number of carboxylic acids is 1. The third-order valence-corrected chi connectivity index (χ3v) is 3.73. The minimum Gasteiger partial charge on any atom is -0.480 e. The predicted octanol–water partition coefficient (Wildman–Crippen LogP) is -2.16. The second-order valence-corrected chi connectivity index (χ2v) is 6.67. The summed E-state index contributed by atoms with van der Waals surface area (Å²) in [6.07, 6.45) is 0.220. The molecule has 0 aromatic rings. The van der Waals surface area contributed by atoms with E-state index in [2.05, 4.69) is 28.6 Å². The number of aliphatic hydroxyl groups is 1. The first-order valence-electron chi connectivity index (χ1n) is 8.14. The normalized spacial score (nSPS) is 15.5. The van der Waals surface area contributed by atoms with Gasteiger partial charge in [-0.15, -0.1) is 0 Å². The van der Waals surface area contributed by atoms with Crippen LogP contribution in [-0.4, -0.2) is 70.4 Å². The summed E-state index contributed by atoms with van der Waals surface area (Å²) < 4.78 is 0. The van der Waals surface area contributed by atoms with E-state index in [0.717, 1.165) is 0 Å². The predicted molar refractivity (Wildman–Crippen MR) is 97.5 cm³/mol. The summed E-state index contributed by atoms with van der Waals surface area (Å²) in [5, 5.41) is 25.3. The van der Waals surface area contributed by atoms with Crippen LogP contribution in [0.2, 0.25) is 0 Å². The standard InChI is InChI=1S/C15H28N4O6S/c1-7(2)4-9(15(24)25)17-14(23)11(6-26)19-13(22)10(5-20)18-12(21)8(3)16/h7-11,20,26H,4-6,16H2,1-3H3,(H,17,23)(H,18,21)(H,19,22)(H,24,25). The molecule has 0 bridgehead atoms. The molecule has 0 saturated heterocycles. The first-order chi connectivity index (χ1) is 12.0. The Bertz CT molecular complexity index is 514. The summed E-state index contributed by atoms with van der Waals surface area (Å²) in [6.45, 7) is 4.34. The lowest BCUT2D eigenvalue weighted by molar-refractivity contribution is -0.142. The van der Waals surface area contributed by atoms with Gasteiger partial charge in [0.15, 0.2) is 0 Å². The topological polar surface area (TPSA) is 171 Å². The van der Waals surface area contributed by atoms with Crippen molar-refractivity contribution in [2.75, 3.05) is 12.4 Å². The maximum absolute atomic E-state index is 12.2. The molecule has 10 nitrogen and oxygen atoms in total. The zero-order chi connectivity index (χ0) is 20.4. The van der Waals surface area contributed by atoms with Gasteiger partial charge in [-0.05, 0) is 19.3 Å². The van der Waals surface area contributed by atoms with Crippen LogP contribution in [0.25, 0.3) is 0 Å². The fourth-order valence-corrected chi connectivity index (χ4v) is 2.19. The number of amides is 3. The summed E-state index contributed by atoms with van der Waals surface area (Å²) >= 11 is 3.98. The molecule has 0 spiro atoms. The number of nitrogens with one attached hydrogen (secondary N) is 3. The quantitative estimate of drug-likeness (QED) is 0.196. The minimum atomic E-state index is -1.30. The lowest BCUT2D eigenvalue weighted by Crippen LogP contribution is -2.58. The van der Waals surface area contributed by atoms with Crippen molar-refractivity contribution in [2.24, 2.45) is 11.7 Å². The molecule has 0 heterocycles. The van der Waals surface area contributed by atoms with E-state index in [0.29, 0.717) is 0 Å². The number of aliphatic hydroxyl groups excluding tert-OH is 1. The molecule has 26 heavy (non-hydrogen) atoms. The molecule has 0 rings (SSSR count). The molecule has 0 radical (unpaired) electrons. The first-order valence-corrected chi connectivity index (χ1v) is 8.77. The Morgan fingerprint density at radius 3 is 1.77 bits per heavy atom. The molecule has 150 valence electrons. The molecule has 0 aromatic carbocycles. The SMILES string of the molecule is CC(C)CC(NC(=O)C(CS)NC(=O)C(CO)NC(=O)C(C)N)C(=O)O. The van der Waals surface area contributed by atoms with Gasteiger partial charge in [0.05, 0.1) is 12.6 Å². The number of rotatable bonds is 11. The Kier molecular flexibility index (Phi) is 10.9. The van der Waals surface area contributed by atoms with Crippen LogP contribution in [0.1, 0.15) is 27.2 Å². The number of nitrogens with two attached hydrogens (primary N) is 1.